The van der Waals surface area contributed by atoms with Crippen molar-refractivity contribution in [2.45, 2.75) is 117 Å². The largest absolute Gasteiger partial charge is 0.493 e. The van der Waals surface area contributed by atoms with Crippen LogP contribution in [-0.4, -0.2) is 69.5 Å². The maximum absolute atomic E-state index is 12.6. The predicted octanol–water partition coefficient (Wildman–Crippen LogP) is 7.24. The van der Waals surface area contributed by atoms with Crippen molar-refractivity contribution < 1.29 is 32.7 Å². The van der Waals surface area contributed by atoms with Gasteiger partial charge in [0.15, 0.2) is 25.6 Å². The lowest BCUT2D eigenvalue weighted by atomic mass is 9.76. The molecule has 1 aliphatic rings. The molecule has 244 valence electrons. The minimum absolute atomic E-state index is 0.0258. The van der Waals surface area contributed by atoms with Gasteiger partial charge in [0.05, 0.1) is 43.6 Å². The molecule has 1 atom stereocenters. The maximum Gasteiger partial charge on any atom is 0.458 e. The van der Waals surface area contributed by atoms with Crippen LogP contribution in [0.5, 0.6) is 11.5 Å². The zero-order valence-electron chi connectivity index (χ0n) is 29.0. The fraction of sp³-hybridized carbons (Fsp3) is 0.667. The first kappa shape index (κ1) is 36.0. The molecule has 1 aromatic heterocycles. The molecule has 1 saturated heterocycles. The molecule has 0 radical (unpaired) electrons. The summed E-state index contributed by atoms with van der Waals surface area (Å²) in [5.41, 5.74) is 1.15. The van der Waals surface area contributed by atoms with E-state index in [1.54, 1.807) is 14.0 Å². The quantitative estimate of drug-likeness (QED) is 0.158. The van der Waals surface area contributed by atoms with E-state index in [1.807, 2.05) is 24.3 Å². The van der Waals surface area contributed by atoms with Gasteiger partial charge >= 0.3 is 13.1 Å². The number of ether oxygens (including phenoxy) is 3. The molecule has 2 aromatic rings. The van der Waals surface area contributed by atoms with Crippen molar-refractivity contribution >= 4 is 21.4 Å². The smallest absolute Gasteiger partial charge is 0.458 e. The number of aromatic nitrogens is 2. The van der Waals surface area contributed by atoms with Gasteiger partial charge in [-0.1, -0.05) is 27.7 Å². The van der Waals surface area contributed by atoms with E-state index < -0.39 is 26.6 Å². The van der Waals surface area contributed by atoms with E-state index in [2.05, 4.69) is 68.5 Å². The van der Waals surface area contributed by atoms with Crippen LogP contribution in [0.25, 0.3) is 11.4 Å². The second kappa shape index (κ2) is 14.3. The van der Waals surface area contributed by atoms with Crippen LogP contribution in [0.1, 0.15) is 86.0 Å². The first-order valence-electron chi connectivity index (χ1n) is 15.8. The Labute approximate surface area is 266 Å². The Balaban J connectivity index is 2.11. The molecule has 0 spiro atoms. The van der Waals surface area contributed by atoms with Gasteiger partial charge in [-0.3, -0.25) is 4.79 Å². The highest BCUT2D eigenvalue weighted by atomic mass is 28.4. The van der Waals surface area contributed by atoms with Crippen LogP contribution in [0.2, 0.25) is 24.5 Å². The van der Waals surface area contributed by atoms with Crippen molar-refractivity contribution in [1.82, 2.24) is 9.97 Å². The van der Waals surface area contributed by atoms with Gasteiger partial charge in [-0.15, -0.1) is 0 Å². The van der Waals surface area contributed by atoms with Crippen LogP contribution in [0.3, 0.4) is 0 Å². The van der Waals surface area contributed by atoms with Gasteiger partial charge in [-0.25, -0.2) is 9.97 Å². The van der Waals surface area contributed by atoms with E-state index in [0.717, 1.165) is 17.7 Å². The molecule has 1 aliphatic heterocycles. The summed E-state index contributed by atoms with van der Waals surface area (Å²) in [5.74, 6) is 1.20. The number of nitrogens with zero attached hydrogens (tertiary/aromatic N) is 2. The van der Waals surface area contributed by atoms with Crippen molar-refractivity contribution in [3.63, 3.8) is 0 Å². The molecule has 3 rings (SSSR count). The van der Waals surface area contributed by atoms with Gasteiger partial charge < -0.3 is 27.9 Å². The van der Waals surface area contributed by atoms with Crippen molar-refractivity contribution in [3.05, 3.63) is 35.7 Å². The third-order valence-corrected chi connectivity index (χ3v) is 13.5. The number of methoxy groups -OCH3 is 1. The Hall–Kier alpha value is -2.47. The molecular formula is C33H53BN2O7Si. The summed E-state index contributed by atoms with van der Waals surface area (Å²) in [5, 5.41) is 0.0335. The van der Waals surface area contributed by atoms with E-state index in [-0.39, 0.29) is 23.3 Å². The number of benzene rings is 1. The lowest BCUT2D eigenvalue weighted by molar-refractivity contribution is -0.142. The molecule has 0 aliphatic carbocycles. The standard InChI is InChI=1S/C33H53BN2O7Si/c1-13-17-40-28-18-23(15-16-27(28)38-10)30-35-25(20-29(37)39-14-2)19-26(36-30)24(22-41-44(11,12)31(3,4)5)21-34-42-32(6,7)33(8,9)43-34/h15-16,18-19,24H,13-14,17,20-22H2,1-12H3. The normalized spacial score (nSPS) is 17.0. The van der Waals surface area contributed by atoms with E-state index >= 15 is 0 Å². The third kappa shape index (κ3) is 8.83. The van der Waals surface area contributed by atoms with Gasteiger partial charge in [0.2, 0.25) is 0 Å². The first-order valence-corrected chi connectivity index (χ1v) is 18.7. The summed E-state index contributed by atoms with van der Waals surface area (Å²) in [6, 6.07) is 7.53. The van der Waals surface area contributed by atoms with Crippen molar-refractivity contribution in [3.8, 4) is 22.9 Å². The number of carbonyl (C=O) groups excluding carboxylic acids is 1. The molecule has 0 N–H and O–H groups in total. The molecule has 2 heterocycles. The molecule has 0 saturated carbocycles. The second-order valence-corrected chi connectivity index (χ2v) is 18.8. The predicted molar refractivity (Wildman–Crippen MR) is 177 cm³/mol. The lowest BCUT2D eigenvalue weighted by Crippen LogP contribution is -2.42. The van der Waals surface area contributed by atoms with Gasteiger partial charge in [-0.2, -0.15) is 0 Å². The van der Waals surface area contributed by atoms with Crippen LogP contribution < -0.4 is 9.47 Å². The monoisotopic (exact) mass is 628 g/mol. The number of hydrogen-bond acceptors (Lipinski definition) is 9. The van der Waals surface area contributed by atoms with Gasteiger partial charge in [0, 0.05) is 23.8 Å². The SMILES string of the molecule is CCCOc1cc(-c2nc(CC(=O)OCC)cc(C(CO[Si](C)(C)C(C)(C)C)CB3OC(C)(C)C(C)(C)O3)n2)ccc1OC. The molecule has 1 aromatic carbocycles. The zero-order chi connectivity index (χ0) is 32.9. The number of rotatable bonds is 14. The summed E-state index contributed by atoms with van der Waals surface area (Å²) in [6.45, 7) is 24.5. The molecule has 44 heavy (non-hydrogen) atoms. The lowest BCUT2D eigenvalue weighted by Gasteiger charge is -2.37. The van der Waals surface area contributed by atoms with E-state index in [0.29, 0.717) is 49.2 Å². The summed E-state index contributed by atoms with van der Waals surface area (Å²) in [6.07, 6.45) is 1.42. The van der Waals surface area contributed by atoms with Gasteiger partial charge in [0.25, 0.3) is 0 Å². The molecule has 0 amide bonds. The van der Waals surface area contributed by atoms with Crippen LogP contribution in [0, 0.1) is 0 Å². The van der Waals surface area contributed by atoms with E-state index in [9.17, 15) is 4.79 Å². The summed E-state index contributed by atoms with van der Waals surface area (Å²) in [4.78, 5) is 22.5. The second-order valence-electron chi connectivity index (χ2n) is 14.0. The average Bonchev–Trinajstić information content (AvgIpc) is 3.13. The summed E-state index contributed by atoms with van der Waals surface area (Å²) < 4.78 is 36.4. The van der Waals surface area contributed by atoms with Crippen LogP contribution in [-0.2, 0) is 29.7 Å². The minimum Gasteiger partial charge on any atom is -0.493 e. The Morgan fingerprint density at radius 3 is 2.25 bits per heavy atom. The molecule has 1 unspecified atom stereocenters. The summed E-state index contributed by atoms with van der Waals surface area (Å²) in [7, 11) is -0.934. The minimum atomic E-state index is -2.10. The fourth-order valence-corrected chi connectivity index (χ4v) is 5.59. The number of hydrogen-bond donors (Lipinski definition) is 0. The Kier molecular flexibility index (Phi) is 11.7. The third-order valence-electron chi connectivity index (χ3n) is 8.96. The van der Waals surface area contributed by atoms with Gasteiger partial charge in [0.1, 0.15) is 0 Å². The Morgan fingerprint density at radius 1 is 1.02 bits per heavy atom. The number of carbonyl (C=O) groups is 1. The maximum atomic E-state index is 12.6. The number of esters is 1. The molecular weight excluding hydrogens is 575 g/mol. The van der Waals surface area contributed by atoms with Crippen LogP contribution in [0.4, 0.5) is 0 Å². The molecule has 11 heteroatoms. The van der Waals surface area contributed by atoms with Crippen molar-refractivity contribution in [2.75, 3.05) is 26.9 Å². The Bertz CT molecular complexity index is 1260. The van der Waals surface area contributed by atoms with E-state index in [4.69, 9.17) is 37.9 Å². The molecule has 9 nitrogen and oxygen atoms in total. The molecule has 0 bridgehead atoms. The topological polar surface area (TPSA) is 98.2 Å². The highest BCUT2D eigenvalue weighted by Gasteiger charge is 2.51. The van der Waals surface area contributed by atoms with Crippen molar-refractivity contribution in [2.24, 2.45) is 0 Å². The first-order chi connectivity index (χ1) is 20.4. The van der Waals surface area contributed by atoms with E-state index in [1.165, 1.54) is 0 Å². The Morgan fingerprint density at radius 2 is 1.68 bits per heavy atom. The fourth-order valence-electron chi connectivity index (χ4n) is 4.54. The highest BCUT2D eigenvalue weighted by Crippen LogP contribution is 2.42. The van der Waals surface area contributed by atoms with Crippen LogP contribution in [0.15, 0.2) is 24.3 Å². The zero-order valence-corrected chi connectivity index (χ0v) is 30.0. The van der Waals surface area contributed by atoms with Crippen LogP contribution >= 0.6 is 0 Å². The summed E-state index contributed by atoms with van der Waals surface area (Å²) >= 11 is 0. The van der Waals surface area contributed by atoms with Gasteiger partial charge in [-0.05, 0) is 89.8 Å². The molecule has 1 fully saturated rings. The van der Waals surface area contributed by atoms with Crippen molar-refractivity contribution in [1.29, 1.82) is 0 Å². The highest BCUT2D eigenvalue weighted by molar-refractivity contribution is 6.74. The average molecular weight is 629 g/mol.